The maximum Gasteiger partial charge on any atom is 0.352 e. The molecule has 1 aromatic rings. The van der Waals surface area contributed by atoms with Crippen LogP contribution in [-0.2, 0) is 30.3 Å². The van der Waals surface area contributed by atoms with Crippen LogP contribution in [0.1, 0.15) is 11.8 Å². The third-order valence-electron chi connectivity index (χ3n) is 4.29. The fraction of sp³-hybridized carbons (Fsp3) is 0.412. The Morgan fingerprint density at radius 1 is 1.43 bits per heavy atom. The fourth-order valence-corrected chi connectivity index (χ4v) is 5.22. The van der Waals surface area contributed by atoms with Crippen LogP contribution in [0, 0.1) is 0 Å². The molecular formula is C17H18N2O7S2. The lowest BCUT2D eigenvalue weighted by molar-refractivity contribution is -0.151. The van der Waals surface area contributed by atoms with Gasteiger partial charge in [0.25, 0.3) is 5.91 Å². The number of aliphatic hydroxyl groups excluding tert-OH is 1. The van der Waals surface area contributed by atoms with Crippen LogP contribution in [0.15, 0.2) is 28.8 Å². The van der Waals surface area contributed by atoms with Crippen LogP contribution in [0.3, 0.4) is 0 Å². The van der Waals surface area contributed by atoms with Crippen molar-refractivity contribution >= 4 is 46.9 Å². The molecule has 0 spiro atoms. The van der Waals surface area contributed by atoms with Gasteiger partial charge in [-0.25, -0.2) is 4.79 Å². The number of hydrogen-bond acceptors (Lipinski definition) is 8. The van der Waals surface area contributed by atoms with Crippen LogP contribution in [-0.4, -0.2) is 68.7 Å². The first-order valence-electron chi connectivity index (χ1n) is 8.34. The molecule has 1 unspecified atom stereocenters. The van der Waals surface area contributed by atoms with Gasteiger partial charge in [0.1, 0.15) is 23.2 Å². The molecule has 3 N–H and O–H groups in total. The number of nitrogens with zero attached hydrogens (tertiary/aromatic N) is 1. The Bertz CT molecular complexity index is 837. The van der Waals surface area contributed by atoms with Crippen LogP contribution in [0.4, 0.5) is 0 Å². The zero-order chi connectivity index (χ0) is 20.4. The first-order chi connectivity index (χ1) is 13.3. The van der Waals surface area contributed by atoms with Crippen LogP contribution in [0.25, 0.3) is 0 Å². The van der Waals surface area contributed by atoms with Crippen molar-refractivity contribution in [2.75, 3.05) is 12.4 Å². The van der Waals surface area contributed by atoms with Gasteiger partial charge < -0.3 is 20.3 Å². The predicted molar refractivity (Wildman–Crippen MR) is 100 cm³/mol. The molecular weight excluding hydrogens is 408 g/mol. The second-order valence-electron chi connectivity index (χ2n) is 6.17. The van der Waals surface area contributed by atoms with Crippen LogP contribution in [0.2, 0.25) is 0 Å². The van der Waals surface area contributed by atoms with Crippen molar-refractivity contribution < 1.29 is 34.1 Å². The van der Waals surface area contributed by atoms with Crippen molar-refractivity contribution in [1.82, 2.24) is 10.2 Å². The smallest absolute Gasteiger partial charge is 0.352 e. The van der Waals surface area contributed by atoms with Gasteiger partial charge in [-0.1, -0.05) is 6.07 Å². The average molecular weight is 426 g/mol. The Kier molecular flexibility index (Phi) is 6.06. The number of carboxylic acid groups (broad SMARTS) is 1. The summed E-state index contributed by atoms with van der Waals surface area (Å²) in [6.45, 7) is 0.552. The third kappa shape index (κ3) is 3.91. The third-order valence-corrected chi connectivity index (χ3v) is 6.47. The van der Waals surface area contributed by atoms with Crippen molar-refractivity contribution in [2.45, 2.75) is 30.9 Å². The molecule has 3 heterocycles. The number of rotatable bonds is 7. The first kappa shape index (κ1) is 20.4. The van der Waals surface area contributed by atoms with Gasteiger partial charge in [-0.15, -0.1) is 23.1 Å². The maximum atomic E-state index is 12.6. The Morgan fingerprint density at radius 2 is 2.18 bits per heavy atom. The number of aliphatic hydroxyl groups is 1. The molecule has 28 heavy (non-hydrogen) atoms. The summed E-state index contributed by atoms with van der Waals surface area (Å²) in [5, 5.41) is 23.0. The van der Waals surface area contributed by atoms with Gasteiger partial charge in [-0.3, -0.25) is 19.3 Å². The second-order valence-corrected chi connectivity index (χ2v) is 8.31. The van der Waals surface area contributed by atoms with E-state index in [-0.39, 0.29) is 29.4 Å². The van der Waals surface area contributed by atoms with Crippen molar-refractivity contribution in [3.63, 3.8) is 0 Å². The Morgan fingerprint density at radius 3 is 2.75 bits per heavy atom. The Balaban J connectivity index is 1.76. The molecule has 0 bridgehead atoms. The van der Waals surface area contributed by atoms with E-state index < -0.39 is 42.0 Å². The molecule has 1 aromatic heterocycles. The molecule has 11 heteroatoms. The zero-order valence-corrected chi connectivity index (χ0v) is 16.4. The lowest BCUT2D eigenvalue weighted by Crippen LogP contribution is -2.71. The van der Waals surface area contributed by atoms with Gasteiger partial charge in [0.2, 0.25) is 5.91 Å². The summed E-state index contributed by atoms with van der Waals surface area (Å²) >= 11 is 2.68. The summed E-state index contributed by atoms with van der Waals surface area (Å²) in [7, 11) is 0. The molecule has 0 saturated carbocycles. The van der Waals surface area contributed by atoms with Gasteiger partial charge in [0.15, 0.2) is 0 Å². The van der Waals surface area contributed by atoms with Gasteiger partial charge >= 0.3 is 11.9 Å². The minimum atomic E-state index is -1.36. The number of ether oxygens (including phenoxy) is 1. The highest BCUT2D eigenvalue weighted by molar-refractivity contribution is 8.00. The molecule has 3 atom stereocenters. The largest absolute Gasteiger partial charge is 0.477 e. The van der Waals surface area contributed by atoms with Crippen LogP contribution in [0.5, 0.6) is 0 Å². The molecule has 9 nitrogen and oxygen atoms in total. The summed E-state index contributed by atoms with van der Waals surface area (Å²) in [5.41, 5.74) is -0.152. The summed E-state index contributed by atoms with van der Waals surface area (Å²) < 4.78 is 4.98. The summed E-state index contributed by atoms with van der Waals surface area (Å²) in [6.07, 6.45) is -0.998. The molecule has 1 fully saturated rings. The Hall–Kier alpha value is -2.37. The topological polar surface area (TPSA) is 133 Å². The van der Waals surface area contributed by atoms with Crippen molar-refractivity contribution in [1.29, 1.82) is 0 Å². The lowest BCUT2D eigenvalue weighted by atomic mass is 10.0. The number of nitrogens with one attached hydrogen (secondary N) is 1. The minimum absolute atomic E-state index is 0.144. The molecule has 0 aliphatic carbocycles. The quantitative estimate of drug-likeness (QED) is 0.408. The zero-order valence-electron chi connectivity index (χ0n) is 14.8. The number of amides is 2. The highest BCUT2D eigenvalue weighted by Crippen LogP contribution is 2.41. The molecule has 3 rings (SSSR count). The van der Waals surface area contributed by atoms with E-state index >= 15 is 0 Å². The number of fused-ring (bicyclic) bond motifs is 1. The van der Waals surface area contributed by atoms with Gasteiger partial charge in [0, 0.05) is 23.1 Å². The van der Waals surface area contributed by atoms with E-state index in [0.29, 0.717) is 0 Å². The van der Waals surface area contributed by atoms with E-state index in [1.54, 1.807) is 0 Å². The van der Waals surface area contributed by atoms with E-state index in [4.69, 9.17) is 4.74 Å². The maximum absolute atomic E-state index is 12.6. The molecule has 2 aliphatic heterocycles. The molecule has 150 valence electrons. The molecule has 0 radical (unpaired) electrons. The normalized spacial score (nSPS) is 22.2. The van der Waals surface area contributed by atoms with Gasteiger partial charge in [-0.2, -0.15) is 0 Å². The fourth-order valence-electron chi connectivity index (χ4n) is 3.10. The number of thioether (sulfide) groups is 1. The highest BCUT2D eigenvalue weighted by atomic mass is 32.2. The second kappa shape index (κ2) is 8.33. The number of carbonyl (C=O) groups is 4. The SMILES string of the molecule is CC(=O)OC(CO)C1=C(C(=O)O)N2C(=O)[C@@H](NC(=O)Cc3cccs3)[C@H]2SC1. The molecule has 2 aliphatic rings. The van der Waals surface area contributed by atoms with E-state index in [1.807, 2.05) is 17.5 Å². The van der Waals surface area contributed by atoms with Gasteiger partial charge in [-0.05, 0) is 11.4 Å². The van der Waals surface area contributed by atoms with Crippen molar-refractivity contribution in [3.8, 4) is 0 Å². The van der Waals surface area contributed by atoms with Gasteiger partial charge in [0.05, 0.1) is 13.0 Å². The lowest BCUT2D eigenvalue weighted by Gasteiger charge is -2.49. The van der Waals surface area contributed by atoms with E-state index in [1.165, 1.54) is 23.1 Å². The highest BCUT2D eigenvalue weighted by Gasteiger charge is 2.55. The summed E-state index contributed by atoms with van der Waals surface area (Å²) in [5.74, 6) is -2.75. The number of carbonyl (C=O) groups excluding carboxylic acids is 3. The number of esters is 1. The van der Waals surface area contributed by atoms with Crippen LogP contribution >= 0.6 is 23.1 Å². The molecule has 0 aromatic carbocycles. The average Bonchev–Trinajstić information content (AvgIpc) is 3.15. The summed E-state index contributed by atoms with van der Waals surface area (Å²) in [4.78, 5) is 49.7. The number of aliphatic carboxylic acids is 1. The number of β-lactam (4-membered cyclic amide) rings is 1. The number of carboxylic acids is 1. The minimum Gasteiger partial charge on any atom is -0.477 e. The first-order valence-corrected chi connectivity index (χ1v) is 10.3. The number of thiophene rings is 1. The number of hydrogen-bond donors (Lipinski definition) is 3. The molecule has 2 amide bonds. The van der Waals surface area contributed by atoms with E-state index in [2.05, 4.69) is 5.32 Å². The predicted octanol–water partition coefficient (Wildman–Crippen LogP) is -0.0468. The van der Waals surface area contributed by atoms with Crippen LogP contribution < -0.4 is 5.32 Å². The van der Waals surface area contributed by atoms with Crippen molar-refractivity contribution in [2.24, 2.45) is 0 Å². The van der Waals surface area contributed by atoms with Crippen molar-refractivity contribution in [3.05, 3.63) is 33.7 Å². The standard InChI is InChI=1S/C17H18N2O7S2/c1-8(21)26-11(6-20)10-7-28-16-13(15(23)19(16)14(10)17(24)25)18-12(22)5-9-3-2-4-27-9/h2-4,11,13,16,20H,5-7H2,1H3,(H,18,22)(H,24,25)/t11?,13-,16-/m1/s1. The molecule has 1 saturated heterocycles. The van der Waals surface area contributed by atoms with E-state index in [0.717, 1.165) is 16.7 Å². The monoisotopic (exact) mass is 426 g/mol. The summed E-state index contributed by atoms with van der Waals surface area (Å²) in [6, 6.07) is 2.82. The van der Waals surface area contributed by atoms with E-state index in [9.17, 15) is 29.4 Å². The Labute approximate surface area is 168 Å².